The summed E-state index contributed by atoms with van der Waals surface area (Å²) in [5.41, 5.74) is 0.959. The SMILES string of the molecule is Ic1ccccc1-c1nc(C2CNCCO2)no1. The molecule has 3 rings (SSSR count). The van der Waals surface area contributed by atoms with E-state index in [1.54, 1.807) is 0 Å². The predicted molar refractivity (Wildman–Crippen MR) is 74.0 cm³/mol. The molecule has 1 atom stereocenters. The van der Waals surface area contributed by atoms with Gasteiger partial charge in [-0.15, -0.1) is 0 Å². The Morgan fingerprint density at radius 3 is 3.00 bits per heavy atom. The van der Waals surface area contributed by atoms with Gasteiger partial charge in [0.05, 0.1) is 12.2 Å². The molecule has 0 spiro atoms. The highest BCUT2D eigenvalue weighted by Crippen LogP contribution is 2.25. The molecule has 2 aromatic rings. The fourth-order valence-corrected chi connectivity index (χ4v) is 2.46. The monoisotopic (exact) mass is 357 g/mol. The van der Waals surface area contributed by atoms with Crippen LogP contribution in [0.4, 0.5) is 0 Å². The zero-order valence-electron chi connectivity index (χ0n) is 9.60. The molecule has 0 bridgehead atoms. The Morgan fingerprint density at radius 2 is 2.22 bits per heavy atom. The first-order chi connectivity index (χ1) is 8.84. The lowest BCUT2D eigenvalue weighted by Crippen LogP contribution is -2.33. The molecule has 5 nitrogen and oxygen atoms in total. The highest BCUT2D eigenvalue weighted by molar-refractivity contribution is 14.1. The molecule has 1 aromatic carbocycles. The van der Waals surface area contributed by atoms with Gasteiger partial charge >= 0.3 is 0 Å². The standard InChI is InChI=1S/C12H12IN3O2/c13-9-4-2-1-3-8(9)12-15-11(16-18-12)10-7-14-5-6-17-10/h1-4,10,14H,5-7H2. The van der Waals surface area contributed by atoms with Crippen molar-refractivity contribution in [2.75, 3.05) is 19.7 Å². The zero-order valence-corrected chi connectivity index (χ0v) is 11.8. The first kappa shape index (κ1) is 12.1. The molecule has 94 valence electrons. The number of aromatic nitrogens is 2. The highest BCUT2D eigenvalue weighted by atomic mass is 127. The van der Waals surface area contributed by atoms with Gasteiger partial charge in [-0.05, 0) is 34.7 Å². The molecule has 1 saturated heterocycles. The van der Waals surface area contributed by atoms with Crippen molar-refractivity contribution in [1.82, 2.24) is 15.5 Å². The summed E-state index contributed by atoms with van der Waals surface area (Å²) in [5, 5.41) is 7.25. The van der Waals surface area contributed by atoms with Crippen LogP contribution in [0.25, 0.3) is 11.5 Å². The van der Waals surface area contributed by atoms with Crippen LogP contribution in [0, 0.1) is 3.57 Å². The van der Waals surface area contributed by atoms with Gasteiger partial charge in [-0.25, -0.2) is 0 Å². The van der Waals surface area contributed by atoms with E-state index in [4.69, 9.17) is 9.26 Å². The van der Waals surface area contributed by atoms with Gasteiger partial charge in [-0.1, -0.05) is 17.3 Å². The van der Waals surface area contributed by atoms with Crippen LogP contribution < -0.4 is 5.32 Å². The van der Waals surface area contributed by atoms with Gasteiger partial charge in [0, 0.05) is 16.7 Å². The molecule has 1 unspecified atom stereocenters. The largest absolute Gasteiger partial charge is 0.367 e. The number of halogens is 1. The smallest absolute Gasteiger partial charge is 0.259 e. The Kier molecular flexibility index (Phi) is 3.57. The fourth-order valence-electron chi connectivity index (χ4n) is 1.84. The van der Waals surface area contributed by atoms with Crippen LogP contribution in [0.3, 0.4) is 0 Å². The Hall–Kier alpha value is -0.990. The van der Waals surface area contributed by atoms with Crippen LogP contribution in [0.15, 0.2) is 28.8 Å². The second-order valence-corrected chi connectivity index (χ2v) is 5.16. The van der Waals surface area contributed by atoms with E-state index in [0.29, 0.717) is 18.3 Å². The third-order valence-corrected chi connectivity index (χ3v) is 3.70. The number of hydrogen-bond acceptors (Lipinski definition) is 5. The van der Waals surface area contributed by atoms with Gasteiger partial charge in [0.2, 0.25) is 5.82 Å². The maximum atomic E-state index is 5.59. The molecular weight excluding hydrogens is 345 g/mol. The summed E-state index contributed by atoms with van der Waals surface area (Å²) in [6.45, 7) is 2.28. The van der Waals surface area contributed by atoms with Crippen LogP contribution in [0.2, 0.25) is 0 Å². The van der Waals surface area contributed by atoms with E-state index in [1.807, 2.05) is 24.3 Å². The number of nitrogens with one attached hydrogen (secondary N) is 1. The quantitative estimate of drug-likeness (QED) is 0.834. The number of nitrogens with zero attached hydrogens (tertiary/aromatic N) is 2. The molecule has 1 N–H and O–H groups in total. The van der Waals surface area contributed by atoms with E-state index in [0.717, 1.165) is 22.2 Å². The van der Waals surface area contributed by atoms with Crippen LogP contribution >= 0.6 is 22.6 Å². The lowest BCUT2D eigenvalue weighted by Gasteiger charge is -2.20. The minimum Gasteiger partial charge on any atom is -0.367 e. The average Bonchev–Trinajstić information content (AvgIpc) is 2.90. The average molecular weight is 357 g/mol. The van der Waals surface area contributed by atoms with Crippen molar-refractivity contribution in [3.8, 4) is 11.5 Å². The number of morpholine rings is 1. The van der Waals surface area contributed by atoms with Crippen LogP contribution in [0.1, 0.15) is 11.9 Å². The lowest BCUT2D eigenvalue weighted by atomic mass is 10.2. The topological polar surface area (TPSA) is 60.2 Å². The van der Waals surface area contributed by atoms with E-state index in [2.05, 4.69) is 38.0 Å². The molecule has 1 aromatic heterocycles. The minimum absolute atomic E-state index is 0.113. The number of benzene rings is 1. The zero-order chi connectivity index (χ0) is 12.4. The van der Waals surface area contributed by atoms with Crippen molar-refractivity contribution >= 4 is 22.6 Å². The number of ether oxygens (including phenoxy) is 1. The first-order valence-corrected chi connectivity index (χ1v) is 6.83. The van der Waals surface area contributed by atoms with E-state index < -0.39 is 0 Å². The molecule has 2 heterocycles. The van der Waals surface area contributed by atoms with Gasteiger partial charge in [-0.3, -0.25) is 0 Å². The molecule has 0 amide bonds. The third kappa shape index (κ3) is 2.40. The normalized spacial score (nSPS) is 19.9. The second kappa shape index (κ2) is 5.33. The summed E-state index contributed by atoms with van der Waals surface area (Å²) < 4.78 is 12.0. The Labute approximate surface area is 118 Å². The lowest BCUT2D eigenvalue weighted by molar-refractivity contribution is 0.0208. The van der Waals surface area contributed by atoms with Crippen molar-refractivity contribution in [3.05, 3.63) is 33.7 Å². The molecule has 18 heavy (non-hydrogen) atoms. The maximum Gasteiger partial charge on any atom is 0.259 e. The van der Waals surface area contributed by atoms with Crippen LogP contribution in [0.5, 0.6) is 0 Å². The molecule has 0 saturated carbocycles. The Morgan fingerprint density at radius 1 is 1.33 bits per heavy atom. The highest BCUT2D eigenvalue weighted by Gasteiger charge is 2.22. The van der Waals surface area contributed by atoms with E-state index in [1.165, 1.54) is 0 Å². The van der Waals surface area contributed by atoms with Crippen LogP contribution in [-0.4, -0.2) is 29.8 Å². The maximum absolute atomic E-state index is 5.59. The fraction of sp³-hybridized carbons (Fsp3) is 0.333. The van der Waals surface area contributed by atoms with Gasteiger partial charge in [-0.2, -0.15) is 4.98 Å². The van der Waals surface area contributed by atoms with E-state index in [9.17, 15) is 0 Å². The summed E-state index contributed by atoms with van der Waals surface area (Å²) in [7, 11) is 0. The van der Waals surface area contributed by atoms with Crippen molar-refractivity contribution in [2.24, 2.45) is 0 Å². The summed E-state index contributed by atoms with van der Waals surface area (Å²) in [5.74, 6) is 1.15. The molecule has 0 radical (unpaired) electrons. The summed E-state index contributed by atoms with van der Waals surface area (Å²) in [6.07, 6.45) is -0.113. The van der Waals surface area contributed by atoms with Crippen molar-refractivity contribution in [1.29, 1.82) is 0 Å². The molecule has 6 heteroatoms. The Balaban J connectivity index is 1.87. The first-order valence-electron chi connectivity index (χ1n) is 5.75. The number of rotatable bonds is 2. The summed E-state index contributed by atoms with van der Waals surface area (Å²) in [6, 6.07) is 7.92. The van der Waals surface area contributed by atoms with Crippen molar-refractivity contribution in [2.45, 2.75) is 6.10 Å². The van der Waals surface area contributed by atoms with E-state index >= 15 is 0 Å². The molecule has 1 aliphatic rings. The predicted octanol–water partition coefficient (Wildman–Crippen LogP) is 2.00. The van der Waals surface area contributed by atoms with Gasteiger partial charge < -0.3 is 14.6 Å². The van der Waals surface area contributed by atoms with Crippen molar-refractivity contribution < 1.29 is 9.26 Å². The number of hydrogen-bond donors (Lipinski definition) is 1. The molecule has 1 aliphatic heterocycles. The van der Waals surface area contributed by atoms with E-state index in [-0.39, 0.29) is 6.10 Å². The van der Waals surface area contributed by atoms with Crippen LogP contribution in [-0.2, 0) is 4.74 Å². The Bertz CT molecular complexity index is 538. The van der Waals surface area contributed by atoms with Gasteiger partial charge in [0.15, 0.2) is 0 Å². The second-order valence-electron chi connectivity index (χ2n) is 4.00. The summed E-state index contributed by atoms with van der Waals surface area (Å²) >= 11 is 2.26. The van der Waals surface area contributed by atoms with Crippen molar-refractivity contribution in [3.63, 3.8) is 0 Å². The molecule has 1 fully saturated rings. The molecule has 0 aliphatic carbocycles. The third-order valence-electron chi connectivity index (χ3n) is 2.76. The minimum atomic E-state index is -0.113. The molecular formula is C12H12IN3O2. The van der Waals surface area contributed by atoms with Gasteiger partial charge in [0.1, 0.15) is 6.10 Å². The summed E-state index contributed by atoms with van der Waals surface area (Å²) in [4.78, 5) is 4.42. The van der Waals surface area contributed by atoms with Gasteiger partial charge in [0.25, 0.3) is 5.89 Å².